The SMILES string of the molecule is COc1ccc(-c2ncnc3c(C(=O)N[C@H]4CC[C@H](NC(=O)OC(C)(C)C)CC4)c[nH]c23)c(OCC2CC2)c1. The summed E-state index contributed by atoms with van der Waals surface area (Å²) in [6.45, 7) is 6.19. The summed E-state index contributed by atoms with van der Waals surface area (Å²) in [7, 11) is 1.63. The highest BCUT2D eigenvalue weighted by atomic mass is 16.6. The summed E-state index contributed by atoms with van der Waals surface area (Å²) in [4.78, 5) is 37.5. The van der Waals surface area contributed by atoms with E-state index in [9.17, 15) is 9.59 Å². The molecular weight excluding hydrogens is 498 g/mol. The van der Waals surface area contributed by atoms with Crippen molar-refractivity contribution >= 4 is 23.0 Å². The molecule has 5 rings (SSSR count). The lowest BCUT2D eigenvalue weighted by Gasteiger charge is -2.30. The van der Waals surface area contributed by atoms with Gasteiger partial charge >= 0.3 is 6.09 Å². The van der Waals surface area contributed by atoms with E-state index < -0.39 is 11.7 Å². The zero-order valence-electron chi connectivity index (χ0n) is 23.0. The van der Waals surface area contributed by atoms with Crippen LogP contribution in [0.1, 0.15) is 69.7 Å². The first-order valence-corrected chi connectivity index (χ1v) is 13.6. The summed E-state index contributed by atoms with van der Waals surface area (Å²) in [5.41, 5.74) is 2.65. The monoisotopic (exact) mass is 535 g/mol. The largest absolute Gasteiger partial charge is 0.497 e. The van der Waals surface area contributed by atoms with Crippen molar-refractivity contribution in [3.63, 3.8) is 0 Å². The van der Waals surface area contributed by atoms with Crippen LogP contribution in [0.2, 0.25) is 0 Å². The summed E-state index contributed by atoms with van der Waals surface area (Å²) in [5.74, 6) is 1.81. The van der Waals surface area contributed by atoms with Crippen LogP contribution in [-0.2, 0) is 4.74 Å². The van der Waals surface area contributed by atoms with Gasteiger partial charge < -0.3 is 29.8 Å². The molecule has 2 fully saturated rings. The summed E-state index contributed by atoms with van der Waals surface area (Å²) in [6.07, 6.45) is 8.21. The van der Waals surface area contributed by atoms with E-state index in [2.05, 4.69) is 25.6 Å². The van der Waals surface area contributed by atoms with E-state index in [0.717, 1.165) is 31.2 Å². The topological polar surface area (TPSA) is 127 Å². The van der Waals surface area contributed by atoms with Gasteiger partial charge in [0, 0.05) is 29.9 Å². The molecule has 0 saturated heterocycles. The molecule has 2 saturated carbocycles. The Morgan fingerprint density at radius 3 is 2.41 bits per heavy atom. The number of hydrogen-bond acceptors (Lipinski definition) is 7. The lowest BCUT2D eigenvalue weighted by Crippen LogP contribution is -2.45. The molecule has 10 heteroatoms. The Labute approximate surface area is 228 Å². The van der Waals surface area contributed by atoms with Crippen molar-refractivity contribution in [2.75, 3.05) is 13.7 Å². The van der Waals surface area contributed by atoms with Gasteiger partial charge in [-0.3, -0.25) is 4.79 Å². The Bertz CT molecular complexity index is 1340. The molecule has 2 aliphatic carbocycles. The molecule has 0 radical (unpaired) electrons. The van der Waals surface area contributed by atoms with Gasteiger partial charge in [-0.25, -0.2) is 14.8 Å². The molecule has 208 valence electrons. The average molecular weight is 536 g/mol. The number of carbonyl (C=O) groups excluding carboxylic acids is 2. The first-order valence-electron chi connectivity index (χ1n) is 13.6. The fourth-order valence-electron chi connectivity index (χ4n) is 4.87. The van der Waals surface area contributed by atoms with Crippen molar-refractivity contribution in [2.45, 2.75) is 77.0 Å². The zero-order chi connectivity index (χ0) is 27.6. The van der Waals surface area contributed by atoms with Gasteiger partial charge in [0.15, 0.2) is 0 Å². The highest BCUT2D eigenvalue weighted by Crippen LogP contribution is 2.37. The highest BCUT2D eigenvalue weighted by Gasteiger charge is 2.27. The summed E-state index contributed by atoms with van der Waals surface area (Å²) in [5, 5.41) is 6.09. The van der Waals surface area contributed by atoms with Crippen LogP contribution in [0, 0.1) is 5.92 Å². The molecule has 10 nitrogen and oxygen atoms in total. The molecule has 0 aliphatic heterocycles. The number of carbonyl (C=O) groups is 2. The molecule has 2 aliphatic rings. The number of aromatic nitrogens is 3. The maximum atomic E-state index is 13.3. The minimum Gasteiger partial charge on any atom is -0.497 e. The van der Waals surface area contributed by atoms with E-state index >= 15 is 0 Å². The van der Waals surface area contributed by atoms with Crippen LogP contribution in [0.15, 0.2) is 30.7 Å². The predicted molar refractivity (Wildman–Crippen MR) is 147 cm³/mol. The second kappa shape index (κ2) is 11.1. The van der Waals surface area contributed by atoms with Gasteiger partial charge in [0.2, 0.25) is 0 Å². The third-order valence-electron chi connectivity index (χ3n) is 7.11. The van der Waals surface area contributed by atoms with Gasteiger partial charge in [-0.1, -0.05) is 0 Å². The highest BCUT2D eigenvalue weighted by molar-refractivity contribution is 6.08. The van der Waals surface area contributed by atoms with E-state index in [-0.39, 0.29) is 18.0 Å². The van der Waals surface area contributed by atoms with Crippen LogP contribution in [0.4, 0.5) is 4.79 Å². The lowest BCUT2D eigenvalue weighted by molar-refractivity contribution is 0.0488. The number of benzene rings is 1. The zero-order valence-corrected chi connectivity index (χ0v) is 23.0. The van der Waals surface area contributed by atoms with Crippen molar-refractivity contribution in [2.24, 2.45) is 5.92 Å². The molecule has 0 spiro atoms. The van der Waals surface area contributed by atoms with E-state index in [1.54, 1.807) is 13.3 Å². The summed E-state index contributed by atoms with van der Waals surface area (Å²) < 4.78 is 16.9. The number of nitrogens with one attached hydrogen (secondary N) is 3. The fraction of sp³-hybridized carbons (Fsp3) is 0.517. The standard InChI is InChI=1S/C29H37N5O5/c1-29(2,3)39-28(36)34-19-9-7-18(8-10-19)33-27(35)22-14-30-26-24(31-16-32-25(22)26)21-12-11-20(37-4)13-23(21)38-15-17-5-6-17/h11-14,16-19,30H,5-10,15H2,1-4H3,(H,33,35)(H,34,36)/t18-,19-. The third kappa shape index (κ3) is 6.61. The molecule has 2 amide bonds. The molecule has 0 unspecified atom stereocenters. The molecular formula is C29H37N5O5. The lowest BCUT2D eigenvalue weighted by atomic mass is 9.91. The van der Waals surface area contributed by atoms with Crippen LogP contribution >= 0.6 is 0 Å². The normalized spacial score (nSPS) is 19.4. The number of ether oxygens (including phenoxy) is 3. The smallest absolute Gasteiger partial charge is 0.407 e. The van der Waals surface area contributed by atoms with Gasteiger partial charge in [0.1, 0.15) is 34.6 Å². The van der Waals surface area contributed by atoms with E-state index in [1.165, 1.54) is 19.2 Å². The van der Waals surface area contributed by atoms with Gasteiger partial charge in [-0.15, -0.1) is 0 Å². The number of H-pyrrole nitrogens is 1. The maximum absolute atomic E-state index is 13.3. The number of alkyl carbamates (subject to hydrolysis) is 1. The molecule has 1 aromatic carbocycles. The summed E-state index contributed by atoms with van der Waals surface area (Å²) >= 11 is 0. The Morgan fingerprint density at radius 1 is 1.03 bits per heavy atom. The van der Waals surface area contributed by atoms with Gasteiger partial charge in [0.25, 0.3) is 5.91 Å². The number of methoxy groups -OCH3 is 1. The van der Waals surface area contributed by atoms with Crippen LogP contribution in [0.3, 0.4) is 0 Å². The number of rotatable bonds is 8. The Hall–Kier alpha value is -3.82. The van der Waals surface area contributed by atoms with Gasteiger partial charge in [0.05, 0.1) is 24.8 Å². The van der Waals surface area contributed by atoms with Crippen molar-refractivity contribution < 1.29 is 23.8 Å². The second-order valence-electron chi connectivity index (χ2n) is 11.4. The molecule has 39 heavy (non-hydrogen) atoms. The van der Waals surface area contributed by atoms with Crippen molar-refractivity contribution in [3.8, 4) is 22.8 Å². The molecule has 0 bridgehead atoms. The maximum Gasteiger partial charge on any atom is 0.407 e. The fourth-order valence-corrected chi connectivity index (χ4v) is 4.87. The number of aromatic amines is 1. The van der Waals surface area contributed by atoms with Crippen LogP contribution in [0.5, 0.6) is 11.5 Å². The summed E-state index contributed by atoms with van der Waals surface area (Å²) in [6, 6.07) is 5.73. The van der Waals surface area contributed by atoms with Crippen molar-refractivity contribution in [1.29, 1.82) is 0 Å². The number of fused-ring (bicyclic) bond motifs is 1. The molecule has 3 aromatic rings. The molecule has 2 heterocycles. The number of nitrogens with zero attached hydrogens (tertiary/aromatic N) is 2. The van der Waals surface area contributed by atoms with Crippen LogP contribution in [0.25, 0.3) is 22.3 Å². The van der Waals surface area contributed by atoms with E-state index in [1.807, 2.05) is 39.0 Å². The Balaban J connectivity index is 1.27. The van der Waals surface area contributed by atoms with E-state index in [0.29, 0.717) is 46.3 Å². The molecule has 0 atom stereocenters. The predicted octanol–water partition coefficient (Wildman–Crippen LogP) is 4.99. The quantitative estimate of drug-likeness (QED) is 0.371. The first kappa shape index (κ1) is 26.8. The minimum absolute atomic E-state index is 0.0180. The third-order valence-corrected chi connectivity index (χ3v) is 7.11. The molecule has 3 N–H and O–H groups in total. The average Bonchev–Trinajstić information content (AvgIpc) is 3.63. The van der Waals surface area contributed by atoms with Crippen LogP contribution < -0.4 is 20.1 Å². The van der Waals surface area contributed by atoms with Gasteiger partial charge in [-0.05, 0) is 77.3 Å². The van der Waals surface area contributed by atoms with Crippen molar-refractivity contribution in [3.05, 3.63) is 36.3 Å². The first-order chi connectivity index (χ1) is 18.7. The number of hydrogen-bond donors (Lipinski definition) is 3. The second-order valence-corrected chi connectivity index (χ2v) is 11.4. The Kier molecular flexibility index (Phi) is 7.63. The van der Waals surface area contributed by atoms with Crippen LogP contribution in [-0.4, -0.2) is 58.4 Å². The minimum atomic E-state index is -0.531. The van der Waals surface area contributed by atoms with Crippen molar-refractivity contribution in [1.82, 2.24) is 25.6 Å². The Morgan fingerprint density at radius 2 is 1.74 bits per heavy atom. The molecule has 2 aromatic heterocycles. The number of amides is 2. The van der Waals surface area contributed by atoms with E-state index in [4.69, 9.17) is 14.2 Å². The van der Waals surface area contributed by atoms with Gasteiger partial charge in [-0.2, -0.15) is 0 Å².